The molecule has 8 aromatic rings. The zero-order valence-corrected chi connectivity index (χ0v) is 23.6. The van der Waals surface area contributed by atoms with E-state index in [-0.39, 0.29) is 29.7 Å². The first-order valence-corrected chi connectivity index (χ1v) is 14.7. The number of thiophene rings is 1. The molecule has 8 rings (SSSR count). The van der Waals surface area contributed by atoms with E-state index in [0.717, 1.165) is 48.0 Å². The van der Waals surface area contributed by atoms with Crippen molar-refractivity contribution in [2.45, 2.75) is 0 Å². The van der Waals surface area contributed by atoms with Gasteiger partial charge in [0.25, 0.3) is 0 Å². The maximum atomic E-state index is 8.64. The van der Waals surface area contributed by atoms with Gasteiger partial charge in [0.05, 0.1) is 6.85 Å². The van der Waals surface area contributed by atoms with Crippen molar-refractivity contribution in [2.24, 2.45) is 0 Å². The van der Waals surface area contributed by atoms with Crippen LogP contribution in [0.5, 0.6) is 0 Å². The van der Waals surface area contributed by atoms with Gasteiger partial charge in [-0.25, -0.2) is 15.0 Å². The van der Waals surface area contributed by atoms with E-state index in [4.69, 9.17) is 21.8 Å². The van der Waals surface area contributed by atoms with Crippen molar-refractivity contribution in [2.75, 3.05) is 0 Å². The van der Waals surface area contributed by atoms with Gasteiger partial charge < -0.3 is 0 Å². The predicted molar refractivity (Wildman–Crippen MR) is 180 cm³/mol. The fraction of sp³-hybridized carbons (Fsp3) is 0. The van der Waals surface area contributed by atoms with E-state index in [1.165, 1.54) is 11.3 Å². The average molecular weight is 573 g/mol. The summed E-state index contributed by atoms with van der Waals surface area (Å²) in [5.41, 5.74) is 5.56. The minimum absolute atomic E-state index is 0.187. The SMILES string of the molecule is [2H]c1c([2H])c([2H])c(-c2cccc3c2sc2cccc(-c4nc(-c5ccccc5)nc(-c5ccc(-c6ccccc6)cc5)n4)c23)c([2H])c1[2H]. The van der Waals surface area contributed by atoms with E-state index >= 15 is 0 Å². The molecule has 0 saturated heterocycles. The van der Waals surface area contributed by atoms with Crippen LogP contribution in [0.25, 0.3) is 76.6 Å². The van der Waals surface area contributed by atoms with Gasteiger partial charge in [-0.15, -0.1) is 11.3 Å². The van der Waals surface area contributed by atoms with Crippen molar-refractivity contribution < 1.29 is 6.85 Å². The third-order valence-electron chi connectivity index (χ3n) is 7.45. The minimum atomic E-state index is -0.408. The molecule has 43 heavy (non-hydrogen) atoms. The van der Waals surface area contributed by atoms with Gasteiger partial charge in [-0.2, -0.15) is 0 Å². The minimum Gasteiger partial charge on any atom is -0.208 e. The van der Waals surface area contributed by atoms with Crippen LogP contribution in [0.2, 0.25) is 0 Å². The van der Waals surface area contributed by atoms with Crippen LogP contribution in [0.3, 0.4) is 0 Å². The van der Waals surface area contributed by atoms with Crippen LogP contribution < -0.4 is 0 Å². The van der Waals surface area contributed by atoms with Crippen LogP contribution in [0.4, 0.5) is 0 Å². The topological polar surface area (TPSA) is 38.7 Å². The molecule has 6 aromatic carbocycles. The van der Waals surface area contributed by atoms with Gasteiger partial charge in [-0.3, -0.25) is 0 Å². The van der Waals surface area contributed by atoms with Gasteiger partial charge in [0.1, 0.15) is 0 Å². The molecule has 0 bridgehead atoms. The predicted octanol–water partition coefficient (Wildman–Crippen LogP) is 10.6. The molecule has 0 spiro atoms. The van der Waals surface area contributed by atoms with Gasteiger partial charge in [0.2, 0.25) is 0 Å². The molecular weight excluding hydrogens is 543 g/mol. The molecule has 0 saturated carbocycles. The Kier molecular flexibility index (Phi) is 5.11. The molecule has 0 aliphatic heterocycles. The smallest absolute Gasteiger partial charge is 0.164 e. The summed E-state index contributed by atoms with van der Waals surface area (Å²) >= 11 is 1.52. The van der Waals surface area contributed by atoms with Crippen molar-refractivity contribution >= 4 is 31.5 Å². The van der Waals surface area contributed by atoms with Crippen molar-refractivity contribution in [3.8, 4) is 56.4 Å². The lowest BCUT2D eigenvalue weighted by Crippen LogP contribution is -2.00. The van der Waals surface area contributed by atoms with E-state index in [2.05, 4.69) is 24.3 Å². The highest BCUT2D eigenvalue weighted by Crippen LogP contribution is 2.43. The lowest BCUT2D eigenvalue weighted by Gasteiger charge is -2.10. The third kappa shape index (κ3) is 4.68. The third-order valence-corrected chi connectivity index (χ3v) is 8.65. The summed E-state index contributed by atoms with van der Waals surface area (Å²) in [6.45, 7) is 0. The molecule has 0 radical (unpaired) electrons. The zero-order chi connectivity index (χ0) is 32.9. The van der Waals surface area contributed by atoms with Crippen molar-refractivity contribution in [1.29, 1.82) is 0 Å². The largest absolute Gasteiger partial charge is 0.208 e. The second-order valence-electron chi connectivity index (χ2n) is 10.1. The molecule has 2 aromatic heterocycles. The fourth-order valence-corrected chi connectivity index (χ4v) is 6.65. The summed E-state index contributed by atoms with van der Waals surface area (Å²) in [6, 6.07) is 38.4. The van der Waals surface area contributed by atoms with E-state index < -0.39 is 6.04 Å². The quantitative estimate of drug-likeness (QED) is 0.206. The summed E-state index contributed by atoms with van der Waals surface area (Å²) in [7, 11) is 0. The standard InChI is InChI=1S/C39H25N3S/c1-4-12-26(13-5-1)27-22-24-30(25-23-27)38-40-37(29-16-8-3-9-17-29)41-39(42-38)33-20-11-21-34-35(33)32-19-10-18-31(36(32)43-34)28-14-6-2-7-15-28/h1-25H/i2D,6D,7D,14D,15D. The normalized spacial score (nSPS) is 12.9. The molecule has 0 N–H and O–H groups in total. The molecule has 0 unspecified atom stereocenters. The first-order valence-electron chi connectivity index (χ1n) is 16.4. The van der Waals surface area contributed by atoms with Crippen LogP contribution in [0.1, 0.15) is 6.85 Å². The number of aromatic nitrogens is 3. The number of fused-ring (bicyclic) bond motifs is 3. The molecule has 202 valence electrons. The van der Waals surface area contributed by atoms with Crippen LogP contribution >= 0.6 is 11.3 Å². The first kappa shape index (κ1) is 20.4. The Morgan fingerprint density at radius 1 is 0.442 bits per heavy atom. The fourth-order valence-electron chi connectivity index (χ4n) is 5.40. The first-order chi connectivity index (χ1) is 23.4. The second-order valence-corrected chi connectivity index (χ2v) is 11.1. The maximum Gasteiger partial charge on any atom is 0.164 e. The second kappa shape index (κ2) is 10.8. The van der Waals surface area contributed by atoms with Crippen molar-refractivity contribution in [3.05, 3.63) is 152 Å². The monoisotopic (exact) mass is 572 g/mol. The molecule has 4 heteroatoms. The Morgan fingerprint density at radius 3 is 1.72 bits per heavy atom. The zero-order valence-electron chi connectivity index (χ0n) is 27.8. The number of rotatable bonds is 5. The Bertz CT molecular complexity index is 2470. The van der Waals surface area contributed by atoms with Gasteiger partial charge in [0.15, 0.2) is 17.5 Å². The molecule has 0 fully saturated rings. The van der Waals surface area contributed by atoms with Gasteiger partial charge in [-0.1, -0.05) is 145 Å². The highest BCUT2D eigenvalue weighted by Gasteiger charge is 2.18. The highest BCUT2D eigenvalue weighted by atomic mass is 32.1. The van der Waals surface area contributed by atoms with E-state index in [0.29, 0.717) is 23.0 Å². The maximum absolute atomic E-state index is 8.64. The lowest BCUT2D eigenvalue weighted by molar-refractivity contribution is 1.08. The summed E-state index contributed by atoms with van der Waals surface area (Å²) in [5, 5.41) is 1.83. The Morgan fingerprint density at radius 2 is 1.00 bits per heavy atom. The van der Waals surface area contributed by atoms with Gasteiger partial charge in [-0.05, 0) is 28.3 Å². The summed E-state index contributed by atoms with van der Waals surface area (Å²) in [6.07, 6.45) is 0. The summed E-state index contributed by atoms with van der Waals surface area (Å²) in [5.74, 6) is 1.62. The van der Waals surface area contributed by atoms with Crippen molar-refractivity contribution in [3.63, 3.8) is 0 Å². The van der Waals surface area contributed by atoms with Gasteiger partial charge >= 0.3 is 0 Å². The average Bonchev–Trinajstić information content (AvgIpc) is 3.54. The van der Waals surface area contributed by atoms with E-state index in [9.17, 15) is 0 Å². The van der Waals surface area contributed by atoms with Crippen LogP contribution in [-0.4, -0.2) is 15.0 Å². The van der Waals surface area contributed by atoms with Crippen LogP contribution in [0.15, 0.2) is 152 Å². The number of benzene rings is 6. The lowest BCUT2D eigenvalue weighted by atomic mass is 10.0. The molecule has 0 atom stereocenters. The number of nitrogens with zero attached hydrogens (tertiary/aromatic N) is 3. The van der Waals surface area contributed by atoms with E-state index in [1.807, 2.05) is 97.1 Å². The molecule has 0 amide bonds. The number of hydrogen-bond acceptors (Lipinski definition) is 4. The van der Waals surface area contributed by atoms with Gasteiger partial charge in [0, 0.05) is 36.9 Å². The Labute approximate surface area is 260 Å². The Hall–Kier alpha value is -5.45. The highest BCUT2D eigenvalue weighted by molar-refractivity contribution is 7.26. The summed E-state index contributed by atoms with van der Waals surface area (Å²) < 4.78 is 43.7. The molecular formula is C39H25N3S. The molecule has 0 aliphatic rings. The van der Waals surface area contributed by atoms with Crippen molar-refractivity contribution in [1.82, 2.24) is 15.0 Å². The molecule has 2 heterocycles. The summed E-state index contributed by atoms with van der Waals surface area (Å²) in [4.78, 5) is 14.9. The Balaban J connectivity index is 1.34. The number of hydrogen-bond donors (Lipinski definition) is 0. The molecule has 3 nitrogen and oxygen atoms in total. The molecule has 0 aliphatic carbocycles. The van der Waals surface area contributed by atoms with E-state index in [1.54, 1.807) is 0 Å². The van der Waals surface area contributed by atoms with Crippen LogP contribution in [-0.2, 0) is 0 Å². The van der Waals surface area contributed by atoms with Crippen LogP contribution in [0, 0.1) is 0 Å².